The van der Waals surface area contributed by atoms with Crippen LogP contribution in [0.2, 0.25) is 0 Å². The Bertz CT molecular complexity index is 904. The van der Waals surface area contributed by atoms with Crippen molar-refractivity contribution in [1.29, 1.82) is 0 Å². The van der Waals surface area contributed by atoms with E-state index in [2.05, 4.69) is 5.32 Å². The normalized spacial score (nSPS) is 24.1. The molecule has 1 aliphatic heterocycles. The van der Waals surface area contributed by atoms with Crippen LogP contribution in [0.15, 0.2) is 60.7 Å². The molecule has 3 unspecified atom stereocenters. The Labute approximate surface area is 208 Å². The monoisotopic (exact) mass is 513 g/mol. The van der Waals surface area contributed by atoms with Crippen molar-refractivity contribution in [1.82, 2.24) is 15.1 Å². The fourth-order valence-electron chi connectivity index (χ4n) is 5.69. The van der Waals surface area contributed by atoms with Gasteiger partial charge in [0, 0.05) is 38.3 Å². The molecule has 1 saturated heterocycles. The van der Waals surface area contributed by atoms with Crippen molar-refractivity contribution in [3.05, 3.63) is 71.8 Å². The molecule has 2 fully saturated rings. The summed E-state index contributed by atoms with van der Waals surface area (Å²) in [6.07, 6.45) is -6.60. The third-order valence-electron chi connectivity index (χ3n) is 7.42. The van der Waals surface area contributed by atoms with Crippen molar-refractivity contribution in [2.75, 3.05) is 19.6 Å². The lowest BCUT2D eigenvalue weighted by Gasteiger charge is -2.53. The molecule has 0 spiro atoms. The first-order valence-corrected chi connectivity index (χ1v) is 12.6. The predicted octanol–water partition coefficient (Wildman–Crippen LogP) is 6.33. The molecular formula is C27H33F6N3. The summed E-state index contributed by atoms with van der Waals surface area (Å²) >= 11 is 0. The Kier molecular flexibility index (Phi) is 8.63. The van der Waals surface area contributed by atoms with Gasteiger partial charge in [-0.1, -0.05) is 79.9 Å². The van der Waals surface area contributed by atoms with E-state index in [1.165, 1.54) is 4.90 Å². The highest BCUT2D eigenvalue weighted by Crippen LogP contribution is 2.42. The number of alkyl halides is 6. The molecule has 2 aromatic rings. The molecule has 0 bridgehead atoms. The van der Waals surface area contributed by atoms with Crippen molar-refractivity contribution in [2.45, 2.75) is 75.2 Å². The second-order valence-electron chi connectivity index (χ2n) is 9.85. The van der Waals surface area contributed by atoms with Crippen molar-refractivity contribution in [3.63, 3.8) is 0 Å². The van der Waals surface area contributed by atoms with E-state index in [-0.39, 0.29) is 6.54 Å². The molecule has 36 heavy (non-hydrogen) atoms. The molecule has 1 aliphatic carbocycles. The molecule has 2 aliphatic rings. The third kappa shape index (κ3) is 6.61. The number of hydrogen-bond acceptors (Lipinski definition) is 3. The molecule has 1 N–H and O–H groups in total. The van der Waals surface area contributed by atoms with E-state index < -0.39 is 49.6 Å². The topological polar surface area (TPSA) is 18.5 Å². The van der Waals surface area contributed by atoms with Gasteiger partial charge in [-0.3, -0.25) is 9.80 Å². The number of hydrogen-bond donors (Lipinski definition) is 1. The fraction of sp³-hybridized carbons (Fsp3) is 0.556. The highest BCUT2D eigenvalue weighted by molar-refractivity contribution is 5.21. The van der Waals surface area contributed by atoms with Crippen LogP contribution in [0, 0.1) is 0 Å². The van der Waals surface area contributed by atoms with Gasteiger partial charge >= 0.3 is 12.4 Å². The SMILES string of the molecule is FC(F)(F)C1CN(C(CNCc2ccccc2)c2ccccc2)CC(C(F)(F)F)N1C1CCCCC1. The molecule has 2 aromatic carbocycles. The van der Waals surface area contributed by atoms with Crippen molar-refractivity contribution in [3.8, 4) is 0 Å². The van der Waals surface area contributed by atoms with Crippen molar-refractivity contribution < 1.29 is 26.3 Å². The van der Waals surface area contributed by atoms with Gasteiger partial charge in [-0.2, -0.15) is 26.3 Å². The van der Waals surface area contributed by atoms with Crippen LogP contribution in [-0.2, 0) is 6.54 Å². The van der Waals surface area contributed by atoms with E-state index >= 15 is 0 Å². The Morgan fingerprint density at radius 3 is 1.81 bits per heavy atom. The smallest absolute Gasteiger partial charge is 0.311 e. The minimum Gasteiger partial charge on any atom is -0.311 e. The van der Waals surface area contributed by atoms with Crippen LogP contribution in [0.1, 0.15) is 49.3 Å². The molecule has 1 saturated carbocycles. The summed E-state index contributed by atoms with van der Waals surface area (Å²) in [6.45, 7) is -0.270. The first kappa shape index (κ1) is 26.9. The van der Waals surface area contributed by atoms with Gasteiger partial charge < -0.3 is 5.32 Å². The molecule has 0 radical (unpaired) electrons. The van der Waals surface area contributed by atoms with Gasteiger partial charge in [0.05, 0.1) is 0 Å². The summed E-state index contributed by atoms with van der Waals surface area (Å²) in [5.41, 5.74) is 1.69. The number of nitrogens with zero attached hydrogens (tertiary/aromatic N) is 2. The van der Waals surface area contributed by atoms with Crippen LogP contribution < -0.4 is 5.32 Å². The van der Waals surface area contributed by atoms with Gasteiger partial charge in [0.15, 0.2) is 0 Å². The number of piperazine rings is 1. The summed E-state index contributed by atoms with van der Waals surface area (Å²) in [6, 6.07) is 12.7. The fourth-order valence-corrected chi connectivity index (χ4v) is 5.69. The lowest BCUT2D eigenvalue weighted by molar-refractivity contribution is -0.266. The third-order valence-corrected chi connectivity index (χ3v) is 7.42. The number of nitrogens with one attached hydrogen (secondary N) is 1. The van der Waals surface area contributed by atoms with Crippen LogP contribution in [0.5, 0.6) is 0 Å². The highest BCUT2D eigenvalue weighted by Gasteiger charge is 2.58. The summed E-state index contributed by atoms with van der Waals surface area (Å²) in [5, 5.41) is 3.26. The maximum atomic E-state index is 14.4. The minimum atomic E-state index is -4.77. The number of halogens is 6. The van der Waals surface area contributed by atoms with Crippen LogP contribution in [0.3, 0.4) is 0 Å². The van der Waals surface area contributed by atoms with E-state index in [1.807, 2.05) is 30.3 Å². The Balaban J connectivity index is 1.63. The second-order valence-corrected chi connectivity index (χ2v) is 9.85. The first-order valence-electron chi connectivity index (χ1n) is 12.6. The van der Waals surface area contributed by atoms with Crippen LogP contribution in [0.4, 0.5) is 26.3 Å². The maximum absolute atomic E-state index is 14.4. The summed E-state index contributed by atoms with van der Waals surface area (Å²) in [5.74, 6) is 0. The van der Waals surface area contributed by atoms with Gasteiger partial charge in [-0.15, -0.1) is 0 Å². The Morgan fingerprint density at radius 1 is 0.750 bits per heavy atom. The molecule has 1 heterocycles. The average Bonchev–Trinajstić information content (AvgIpc) is 2.86. The quantitative estimate of drug-likeness (QED) is 0.437. The molecule has 198 valence electrons. The average molecular weight is 514 g/mol. The number of rotatable bonds is 7. The zero-order chi connectivity index (χ0) is 25.8. The van der Waals surface area contributed by atoms with E-state index in [0.717, 1.165) is 16.9 Å². The molecule has 3 nitrogen and oxygen atoms in total. The van der Waals surface area contributed by atoms with Crippen LogP contribution in [0.25, 0.3) is 0 Å². The van der Waals surface area contributed by atoms with E-state index in [0.29, 0.717) is 37.8 Å². The zero-order valence-corrected chi connectivity index (χ0v) is 20.1. The molecule has 0 aromatic heterocycles. The zero-order valence-electron chi connectivity index (χ0n) is 20.1. The van der Waals surface area contributed by atoms with Gasteiger partial charge in [-0.05, 0) is 24.0 Å². The van der Waals surface area contributed by atoms with Gasteiger partial charge in [-0.25, -0.2) is 0 Å². The molecule has 3 atom stereocenters. The molecule has 9 heteroatoms. The van der Waals surface area contributed by atoms with Gasteiger partial charge in [0.2, 0.25) is 0 Å². The highest BCUT2D eigenvalue weighted by atomic mass is 19.4. The largest absolute Gasteiger partial charge is 0.405 e. The van der Waals surface area contributed by atoms with E-state index in [1.54, 1.807) is 30.3 Å². The lowest BCUT2D eigenvalue weighted by atomic mass is 9.89. The summed E-state index contributed by atoms with van der Waals surface area (Å²) in [4.78, 5) is 2.16. The minimum absolute atomic E-state index is 0.234. The van der Waals surface area contributed by atoms with Gasteiger partial charge in [0.25, 0.3) is 0 Å². The number of benzene rings is 2. The van der Waals surface area contributed by atoms with Crippen molar-refractivity contribution in [2.24, 2.45) is 0 Å². The predicted molar refractivity (Wildman–Crippen MR) is 127 cm³/mol. The summed E-state index contributed by atoms with van der Waals surface area (Å²) in [7, 11) is 0. The lowest BCUT2D eigenvalue weighted by Crippen LogP contribution is -2.70. The van der Waals surface area contributed by atoms with Gasteiger partial charge in [0.1, 0.15) is 12.1 Å². The molecule has 4 rings (SSSR count). The van der Waals surface area contributed by atoms with E-state index in [9.17, 15) is 26.3 Å². The molecule has 0 amide bonds. The first-order chi connectivity index (χ1) is 17.1. The maximum Gasteiger partial charge on any atom is 0.405 e. The molecular weight excluding hydrogens is 480 g/mol. The van der Waals surface area contributed by atoms with Crippen LogP contribution >= 0.6 is 0 Å². The van der Waals surface area contributed by atoms with E-state index in [4.69, 9.17) is 0 Å². The van der Waals surface area contributed by atoms with Crippen LogP contribution in [-0.4, -0.2) is 59.9 Å². The Hall–Kier alpha value is -2.10. The Morgan fingerprint density at radius 2 is 1.28 bits per heavy atom. The summed E-state index contributed by atoms with van der Waals surface area (Å²) < 4.78 is 86.2. The second kappa shape index (κ2) is 11.5. The van der Waals surface area contributed by atoms with Crippen molar-refractivity contribution >= 4 is 0 Å². The standard InChI is InChI=1S/C27H33F6N3/c28-26(29,30)24-18-35(19-25(27(31,32)33)36(24)22-14-8-3-9-15-22)23(21-12-6-2-7-13-21)17-34-16-20-10-4-1-5-11-20/h1-2,4-7,10-13,22-25,34H,3,8-9,14-19H2.